The Labute approximate surface area is 290 Å². The van der Waals surface area contributed by atoms with E-state index in [0.29, 0.717) is 19.4 Å². The Kier molecular flexibility index (Phi) is 15.5. The lowest BCUT2D eigenvalue weighted by Gasteiger charge is -2.35. The molecular weight excluding hydrogens is 628 g/mol. The first kappa shape index (κ1) is 39.1. The van der Waals surface area contributed by atoms with Crippen molar-refractivity contribution in [2.24, 2.45) is 5.41 Å². The fourth-order valence-corrected chi connectivity index (χ4v) is 6.79. The minimum absolute atomic E-state index is 0.0395. The van der Waals surface area contributed by atoms with E-state index in [9.17, 15) is 24.3 Å². The zero-order valence-electron chi connectivity index (χ0n) is 29.7. The van der Waals surface area contributed by atoms with Crippen molar-refractivity contribution in [1.82, 2.24) is 20.5 Å². The summed E-state index contributed by atoms with van der Waals surface area (Å²) in [6, 6.07) is 6.01. The van der Waals surface area contributed by atoms with E-state index in [0.717, 1.165) is 73.1 Å². The third kappa shape index (κ3) is 12.0. The van der Waals surface area contributed by atoms with E-state index < -0.39 is 23.6 Å². The van der Waals surface area contributed by atoms with Crippen molar-refractivity contribution in [2.75, 3.05) is 13.2 Å². The maximum atomic E-state index is 13.9. The molecule has 266 valence electrons. The zero-order chi connectivity index (χ0) is 35.3. The molecule has 11 heteroatoms. The van der Waals surface area contributed by atoms with Crippen LogP contribution in [0, 0.1) is 12.3 Å². The minimum Gasteiger partial charge on any atom is -0.466 e. The fourth-order valence-electron chi connectivity index (χ4n) is 5.98. The quantitative estimate of drug-likeness (QED) is 0.125. The number of amides is 3. The number of hydrogen-bond acceptors (Lipinski definition) is 8. The molecule has 1 saturated heterocycles. The van der Waals surface area contributed by atoms with Crippen LogP contribution >= 0.6 is 11.3 Å². The third-order valence-electron chi connectivity index (χ3n) is 8.83. The van der Waals surface area contributed by atoms with Gasteiger partial charge in [0.25, 0.3) is 0 Å². The number of aryl methyl sites for hydroxylation is 1. The smallest absolute Gasteiger partial charge is 0.305 e. The molecule has 1 aliphatic rings. The van der Waals surface area contributed by atoms with Gasteiger partial charge in [0.15, 0.2) is 0 Å². The molecule has 2 heterocycles. The highest BCUT2D eigenvalue weighted by molar-refractivity contribution is 7.13. The second kappa shape index (κ2) is 19.0. The predicted octanol–water partition coefficient (Wildman–Crippen LogP) is 6.25. The summed E-state index contributed by atoms with van der Waals surface area (Å²) in [5.41, 5.74) is 4.20. The van der Waals surface area contributed by atoms with Crippen LogP contribution in [0.3, 0.4) is 0 Å². The molecule has 0 aliphatic carbocycles. The van der Waals surface area contributed by atoms with Crippen molar-refractivity contribution >= 4 is 35.0 Å². The monoisotopic (exact) mass is 684 g/mol. The van der Waals surface area contributed by atoms with Crippen molar-refractivity contribution < 1.29 is 29.0 Å². The number of rotatable bonds is 18. The average molecular weight is 685 g/mol. The van der Waals surface area contributed by atoms with Crippen LogP contribution in [0.4, 0.5) is 0 Å². The van der Waals surface area contributed by atoms with Crippen LogP contribution in [0.5, 0.6) is 0 Å². The highest BCUT2D eigenvalue weighted by Gasteiger charge is 2.44. The van der Waals surface area contributed by atoms with E-state index in [1.807, 2.05) is 71.3 Å². The van der Waals surface area contributed by atoms with E-state index in [2.05, 4.69) is 15.6 Å². The number of aliphatic hydroxyl groups is 1. The Morgan fingerprint density at radius 3 is 2.25 bits per heavy atom. The molecule has 0 unspecified atom stereocenters. The first-order chi connectivity index (χ1) is 22.8. The number of unbranched alkanes of at least 4 members (excludes halogenated alkanes) is 6. The van der Waals surface area contributed by atoms with Crippen molar-refractivity contribution in [1.29, 1.82) is 0 Å². The topological polar surface area (TPSA) is 138 Å². The number of ether oxygens (including phenoxy) is 1. The fraction of sp³-hybridized carbons (Fsp3) is 0.649. The second-order valence-electron chi connectivity index (χ2n) is 14.1. The van der Waals surface area contributed by atoms with E-state index in [-0.39, 0.29) is 42.7 Å². The second-order valence-corrected chi connectivity index (χ2v) is 14.9. The number of β-amino-alcohol motifs (C(OH)–C–C–N with tert-alkyl or cyclic N) is 1. The molecule has 2 aromatic rings. The molecule has 3 N–H and O–H groups in total. The molecule has 4 atom stereocenters. The van der Waals surface area contributed by atoms with Crippen LogP contribution in [0.15, 0.2) is 29.8 Å². The van der Waals surface area contributed by atoms with Gasteiger partial charge in [-0.3, -0.25) is 19.2 Å². The lowest BCUT2D eigenvalue weighted by molar-refractivity contribution is -0.144. The third-order valence-corrected chi connectivity index (χ3v) is 9.80. The number of esters is 1. The molecular formula is C37H56N4O6S. The molecule has 1 aliphatic heterocycles. The molecule has 1 aromatic carbocycles. The van der Waals surface area contributed by atoms with Gasteiger partial charge in [-0.1, -0.05) is 84.1 Å². The number of aliphatic hydroxyl groups excluding tert-OH is 1. The number of aromatic nitrogens is 1. The van der Waals surface area contributed by atoms with E-state index in [1.54, 1.807) is 11.3 Å². The molecule has 1 fully saturated rings. The van der Waals surface area contributed by atoms with E-state index in [1.165, 1.54) is 4.90 Å². The number of thiazole rings is 1. The highest BCUT2D eigenvalue weighted by atomic mass is 32.1. The molecule has 1 aromatic heterocycles. The van der Waals surface area contributed by atoms with Gasteiger partial charge < -0.3 is 25.4 Å². The van der Waals surface area contributed by atoms with E-state index in [4.69, 9.17) is 4.74 Å². The molecule has 0 radical (unpaired) electrons. The predicted molar refractivity (Wildman–Crippen MR) is 189 cm³/mol. The summed E-state index contributed by atoms with van der Waals surface area (Å²) < 4.78 is 5.19. The summed E-state index contributed by atoms with van der Waals surface area (Å²) in [6.45, 7) is 12.0. The highest BCUT2D eigenvalue weighted by Crippen LogP contribution is 2.29. The first-order valence-corrected chi connectivity index (χ1v) is 18.4. The standard InChI is InChI=1S/C37H56N4O6S/c1-7-15-32(44)47-21-14-12-10-8-9-11-13-16-31(43)40-34(37(4,5)6)36(46)41-23-29(42)22-30(41)35(45)39-25(2)27-17-19-28(20-18-27)33-26(3)38-24-48-33/h17-20,24-25,29-30,34,42H,7-16,21-23H2,1-6H3,(H,39,45)(H,40,43)/t25-,29-,30+,34-/m1/s1. The van der Waals surface area contributed by atoms with Crippen molar-refractivity contribution in [3.05, 3.63) is 41.0 Å². The maximum Gasteiger partial charge on any atom is 0.305 e. The number of carbonyl (C=O) groups is 4. The molecule has 3 rings (SSSR count). The van der Waals surface area contributed by atoms with Gasteiger partial charge >= 0.3 is 5.97 Å². The maximum absolute atomic E-state index is 13.9. The lowest BCUT2D eigenvalue weighted by atomic mass is 9.85. The van der Waals surface area contributed by atoms with Crippen LogP contribution in [0.25, 0.3) is 10.4 Å². The Morgan fingerprint density at radius 2 is 1.65 bits per heavy atom. The normalized spacial score (nSPS) is 17.5. The van der Waals surface area contributed by atoms with Gasteiger partial charge in [0.2, 0.25) is 17.7 Å². The molecule has 0 bridgehead atoms. The van der Waals surface area contributed by atoms with E-state index >= 15 is 0 Å². The van der Waals surface area contributed by atoms with Crippen LogP contribution in [0.1, 0.15) is 123 Å². The van der Waals surface area contributed by atoms with Crippen molar-refractivity contribution in [3.63, 3.8) is 0 Å². The van der Waals surface area contributed by atoms with Gasteiger partial charge in [-0.15, -0.1) is 11.3 Å². The summed E-state index contributed by atoms with van der Waals surface area (Å²) >= 11 is 1.59. The molecule has 10 nitrogen and oxygen atoms in total. The number of nitrogens with one attached hydrogen (secondary N) is 2. The Morgan fingerprint density at radius 1 is 1.00 bits per heavy atom. The Bertz CT molecular complexity index is 1340. The number of carbonyl (C=O) groups excluding carboxylic acids is 4. The zero-order valence-corrected chi connectivity index (χ0v) is 30.5. The number of hydrogen-bond donors (Lipinski definition) is 3. The molecule has 0 spiro atoms. The van der Waals surface area contributed by atoms with Gasteiger partial charge in [-0.05, 0) is 49.7 Å². The Hall–Kier alpha value is -3.31. The lowest BCUT2D eigenvalue weighted by Crippen LogP contribution is -2.57. The van der Waals surface area contributed by atoms with Crippen molar-refractivity contribution in [2.45, 2.75) is 136 Å². The Balaban J connectivity index is 1.47. The van der Waals surface area contributed by atoms with Gasteiger partial charge in [0.05, 0.1) is 34.8 Å². The van der Waals surface area contributed by atoms with Crippen molar-refractivity contribution in [3.8, 4) is 10.4 Å². The average Bonchev–Trinajstić information content (AvgIpc) is 3.65. The molecule has 0 saturated carbocycles. The molecule has 3 amide bonds. The largest absolute Gasteiger partial charge is 0.466 e. The minimum atomic E-state index is -0.836. The van der Waals surface area contributed by atoms with Crippen LogP contribution < -0.4 is 10.6 Å². The summed E-state index contributed by atoms with van der Waals surface area (Å²) in [5.74, 6) is -1.000. The first-order valence-electron chi connectivity index (χ1n) is 17.6. The van der Waals surface area contributed by atoms with Gasteiger partial charge in [-0.25, -0.2) is 4.98 Å². The van der Waals surface area contributed by atoms with Gasteiger partial charge in [-0.2, -0.15) is 0 Å². The number of nitrogens with zero attached hydrogens (tertiary/aromatic N) is 2. The number of likely N-dealkylation sites (tertiary alicyclic amines) is 1. The van der Waals surface area contributed by atoms with Crippen LogP contribution in [-0.4, -0.2) is 70.0 Å². The van der Waals surface area contributed by atoms with Crippen LogP contribution in [-0.2, 0) is 23.9 Å². The van der Waals surface area contributed by atoms with Gasteiger partial charge in [0.1, 0.15) is 12.1 Å². The number of benzene rings is 1. The summed E-state index contributed by atoms with van der Waals surface area (Å²) in [6.07, 6.45) is 7.58. The SMILES string of the molecule is CCCC(=O)OCCCCCCCCCC(=O)N[C@H](C(=O)N1C[C@H](O)C[C@H]1C(=O)N[C@H](C)c1ccc(-c2scnc2C)cc1)C(C)(C)C. The van der Waals surface area contributed by atoms with Crippen LogP contribution in [0.2, 0.25) is 0 Å². The van der Waals surface area contributed by atoms with Gasteiger partial charge in [0, 0.05) is 25.8 Å². The molecule has 48 heavy (non-hydrogen) atoms. The summed E-state index contributed by atoms with van der Waals surface area (Å²) in [4.78, 5) is 58.6. The summed E-state index contributed by atoms with van der Waals surface area (Å²) in [5, 5.41) is 16.5. The summed E-state index contributed by atoms with van der Waals surface area (Å²) in [7, 11) is 0.